The largest absolute Gasteiger partial charge is 0.383 e. The molecule has 5 rings (SSSR count). The number of anilines is 1. The van der Waals surface area contributed by atoms with E-state index in [1.807, 2.05) is 36.8 Å². The highest BCUT2D eigenvalue weighted by Gasteiger charge is 2.28. The van der Waals surface area contributed by atoms with Crippen molar-refractivity contribution >= 4 is 50.2 Å². The monoisotopic (exact) mass is 526 g/mol. The van der Waals surface area contributed by atoms with Crippen LogP contribution in [0, 0.1) is 5.92 Å². The van der Waals surface area contributed by atoms with Crippen molar-refractivity contribution in [1.29, 1.82) is 0 Å². The summed E-state index contributed by atoms with van der Waals surface area (Å²) in [7, 11) is 0. The molecule has 0 radical (unpaired) electrons. The Morgan fingerprint density at radius 1 is 1.24 bits per heavy atom. The van der Waals surface area contributed by atoms with E-state index in [0.29, 0.717) is 17.7 Å². The molecule has 0 aliphatic heterocycles. The Balaban J connectivity index is 1.45. The van der Waals surface area contributed by atoms with Crippen LogP contribution in [-0.2, 0) is 0 Å². The van der Waals surface area contributed by atoms with Crippen LogP contribution < -0.4 is 10.5 Å². The topological polar surface area (TPSA) is 101 Å². The molecule has 1 atom stereocenters. The Bertz CT molecular complexity index is 1290. The molecule has 1 saturated carbocycles. The van der Waals surface area contributed by atoms with Gasteiger partial charge in [-0.15, -0.1) is 0 Å². The van der Waals surface area contributed by atoms with Crippen LogP contribution in [0.1, 0.15) is 43.7 Å². The number of hydrogen-bond donors (Lipinski definition) is 3. The van der Waals surface area contributed by atoms with E-state index in [0.717, 1.165) is 69.9 Å². The number of benzene rings is 1. The number of rotatable bonds is 6. The number of fused-ring (bicyclic) bond motifs is 2. The second-order valence-electron chi connectivity index (χ2n) is 8.70. The summed E-state index contributed by atoms with van der Waals surface area (Å²) >= 11 is 5.16. The van der Waals surface area contributed by atoms with E-state index in [4.69, 9.17) is 10.7 Å². The summed E-state index contributed by atoms with van der Waals surface area (Å²) in [6, 6.07) is 10.2. The first-order valence-corrected chi connectivity index (χ1v) is 13.2. The lowest BCUT2D eigenvalue weighted by molar-refractivity contribution is 0.121. The van der Waals surface area contributed by atoms with Gasteiger partial charge in [0.1, 0.15) is 12.0 Å². The highest BCUT2D eigenvalue weighted by molar-refractivity contribution is 9.10. The van der Waals surface area contributed by atoms with Crippen molar-refractivity contribution in [3.05, 3.63) is 52.9 Å². The smallest absolute Gasteiger partial charge is 0.165 e. The molecule has 9 heteroatoms. The van der Waals surface area contributed by atoms with Crippen LogP contribution >= 0.6 is 27.9 Å². The molecular formula is C24H27BrN6OS. The number of aliphatic hydroxyl groups excluding tert-OH is 1. The third kappa shape index (κ3) is 4.47. The minimum absolute atomic E-state index is 0.325. The third-order valence-corrected chi connectivity index (χ3v) is 7.91. The number of nitrogens with one attached hydrogen (secondary N) is 1. The summed E-state index contributed by atoms with van der Waals surface area (Å²) in [5.74, 6) is 1.41. The molecule has 0 amide bonds. The van der Waals surface area contributed by atoms with Gasteiger partial charge in [0.05, 0.1) is 21.9 Å². The van der Waals surface area contributed by atoms with Crippen molar-refractivity contribution in [1.82, 2.24) is 24.3 Å². The zero-order chi connectivity index (χ0) is 22.9. The number of nitrogens with two attached hydrogens (primary N) is 1. The van der Waals surface area contributed by atoms with Gasteiger partial charge in [-0.25, -0.2) is 9.71 Å². The normalized spacial score (nSPS) is 19.8. The minimum Gasteiger partial charge on any atom is -0.383 e. The van der Waals surface area contributed by atoms with Crippen molar-refractivity contribution in [3.8, 4) is 11.1 Å². The highest BCUT2D eigenvalue weighted by Crippen LogP contribution is 2.41. The summed E-state index contributed by atoms with van der Waals surface area (Å²) in [6.07, 6.45) is 10.1. The van der Waals surface area contributed by atoms with Crippen molar-refractivity contribution < 1.29 is 5.11 Å². The molecule has 172 valence electrons. The molecule has 1 fully saturated rings. The lowest BCUT2D eigenvalue weighted by Gasteiger charge is -2.30. The van der Waals surface area contributed by atoms with E-state index in [-0.39, 0.29) is 0 Å². The highest BCUT2D eigenvalue weighted by atomic mass is 79.9. The van der Waals surface area contributed by atoms with E-state index in [9.17, 15) is 5.11 Å². The van der Waals surface area contributed by atoms with E-state index in [2.05, 4.69) is 42.9 Å². The van der Waals surface area contributed by atoms with Gasteiger partial charge < -0.3 is 10.8 Å². The first-order valence-electron chi connectivity index (χ1n) is 11.2. The van der Waals surface area contributed by atoms with Crippen molar-refractivity contribution in [3.63, 3.8) is 0 Å². The fraction of sp³-hybridized carbons (Fsp3) is 0.375. The molecular weight excluding hydrogens is 500 g/mol. The van der Waals surface area contributed by atoms with E-state index >= 15 is 0 Å². The van der Waals surface area contributed by atoms with Gasteiger partial charge in [-0.3, -0.25) is 4.98 Å². The minimum atomic E-state index is -0.455. The molecule has 1 aromatic carbocycles. The zero-order valence-corrected chi connectivity index (χ0v) is 20.8. The maximum Gasteiger partial charge on any atom is 0.165 e. The van der Waals surface area contributed by atoms with Gasteiger partial charge >= 0.3 is 0 Å². The van der Waals surface area contributed by atoms with Crippen molar-refractivity contribution in [2.45, 2.75) is 44.2 Å². The molecule has 33 heavy (non-hydrogen) atoms. The Morgan fingerprint density at radius 3 is 2.82 bits per heavy atom. The maximum atomic E-state index is 10.1. The molecule has 0 bridgehead atoms. The number of hydrogen-bond acceptors (Lipinski definition) is 7. The predicted octanol–water partition coefficient (Wildman–Crippen LogP) is 5.14. The molecule has 7 nitrogen and oxygen atoms in total. The fourth-order valence-corrected chi connectivity index (χ4v) is 5.83. The number of aliphatic hydroxyl groups is 1. The Hall–Kier alpha value is -2.20. The first kappa shape index (κ1) is 22.6. The molecule has 1 unspecified atom stereocenters. The van der Waals surface area contributed by atoms with E-state index in [1.165, 1.54) is 11.9 Å². The van der Waals surface area contributed by atoms with Gasteiger partial charge in [-0.05, 0) is 72.3 Å². The van der Waals surface area contributed by atoms with Gasteiger partial charge in [0.2, 0.25) is 0 Å². The van der Waals surface area contributed by atoms with Gasteiger partial charge in [0.25, 0.3) is 0 Å². The number of nitrogens with zero attached hydrogens (tertiary/aromatic N) is 4. The lowest BCUT2D eigenvalue weighted by atomic mass is 9.79. The zero-order valence-electron chi connectivity index (χ0n) is 18.4. The van der Waals surface area contributed by atoms with Crippen LogP contribution in [0.3, 0.4) is 0 Å². The number of halogens is 1. The first-order chi connectivity index (χ1) is 16.0. The second kappa shape index (κ2) is 9.58. The second-order valence-corrected chi connectivity index (χ2v) is 10.1. The van der Waals surface area contributed by atoms with Crippen LogP contribution in [0.4, 0.5) is 5.82 Å². The molecule has 3 heterocycles. The summed E-state index contributed by atoms with van der Waals surface area (Å²) in [4.78, 5) is 9.68. The molecule has 1 aliphatic rings. The molecule has 4 N–H and O–H groups in total. The SMILES string of the molecule is CSNC(O)CC1CCC(c2nc3c(-c4cnc5ccccc5c4)cnn3c(N)c2Br)CC1. The summed E-state index contributed by atoms with van der Waals surface area (Å²) in [5, 5.41) is 15.7. The Kier molecular flexibility index (Phi) is 6.56. The van der Waals surface area contributed by atoms with E-state index < -0.39 is 6.23 Å². The fourth-order valence-electron chi connectivity index (χ4n) is 4.88. The van der Waals surface area contributed by atoms with Crippen LogP contribution in [-0.4, -0.2) is 37.2 Å². The van der Waals surface area contributed by atoms with Crippen LogP contribution in [0.25, 0.3) is 27.7 Å². The van der Waals surface area contributed by atoms with Gasteiger partial charge in [0, 0.05) is 28.6 Å². The van der Waals surface area contributed by atoms with Gasteiger partial charge in [-0.1, -0.05) is 30.1 Å². The lowest BCUT2D eigenvalue weighted by Crippen LogP contribution is -2.27. The molecule has 0 saturated heterocycles. The van der Waals surface area contributed by atoms with Crippen LogP contribution in [0.15, 0.2) is 47.2 Å². The number of pyridine rings is 1. The van der Waals surface area contributed by atoms with E-state index in [1.54, 1.807) is 4.52 Å². The van der Waals surface area contributed by atoms with Gasteiger partial charge in [-0.2, -0.15) is 9.61 Å². The third-order valence-electron chi connectivity index (χ3n) is 6.59. The molecule has 4 aromatic rings. The van der Waals surface area contributed by atoms with Gasteiger partial charge in [0.15, 0.2) is 5.65 Å². The average molecular weight is 527 g/mol. The molecule has 3 aromatic heterocycles. The summed E-state index contributed by atoms with van der Waals surface area (Å²) < 4.78 is 5.55. The summed E-state index contributed by atoms with van der Waals surface area (Å²) in [6.45, 7) is 0. The maximum absolute atomic E-state index is 10.1. The average Bonchev–Trinajstić information content (AvgIpc) is 3.26. The molecule has 1 aliphatic carbocycles. The molecule has 0 spiro atoms. The van der Waals surface area contributed by atoms with Crippen LogP contribution in [0.5, 0.6) is 0 Å². The number of nitrogen functional groups attached to an aromatic ring is 1. The Morgan fingerprint density at radius 2 is 2.03 bits per heavy atom. The summed E-state index contributed by atoms with van der Waals surface area (Å²) in [5.41, 5.74) is 11.1. The number of para-hydroxylation sites is 1. The van der Waals surface area contributed by atoms with Crippen LogP contribution in [0.2, 0.25) is 0 Å². The quantitative estimate of drug-likeness (QED) is 0.236. The Labute approximate surface area is 205 Å². The van der Waals surface area contributed by atoms with Crippen molar-refractivity contribution in [2.75, 3.05) is 12.0 Å². The number of aromatic nitrogens is 4. The predicted molar refractivity (Wildman–Crippen MR) is 138 cm³/mol. The standard InChI is InChI=1S/C24H27BrN6OS/c1-33-30-20(32)10-14-6-8-15(9-7-14)22-21(25)23(26)31-24(29-22)18(13-28-31)17-11-16-4-2-3-5-19(16)27-12-17/h2-5,11-15,20,30,32H,6-10,26H2,1H3. The van der Waals surface area contributed by atoms with Crippen molar-refractivity contribution in [2.24, 2.45) is 5.92 Å².